The van der Waals surface area contributed by atoms with E-state index < -0.39 is 0 Å². The maximum Gasteiger partial charge on any atom is 0.260 e. The second-order valence-electron chi connectivity index (χ2n) is 9.41. The van der Waals surface area contributed by atoms with Crippen molar-refractivity contribution >= 4 is 0 Å². The molecule has 0 bridgehead atoms. The predicted molar refractivity (Wildman–Crippen MR) is 135 cm³/mol. The van der Waals surface area contributed by atoms with Gasteiger partial charge in [0.25, 0.3) is 5.56 Å². The molecule has 6 heteroatoms. The number of hydrogen-bond donors (Lipinski definition) is 1. The molecule has 4 aromatic rings. The highest BCUT2D eigenvalue weighted by Crippen LogP contribution is 2.35. The highest BCUT2D eigenvalue weighted by molar-refractivity contribution is 5.41. The number of piperidine rings is 1. The first kappa shape index (κ1) is 23.1. The largest absolute Gasteiger partial charge is 0.507 e. The van der Waals surface area contributed by atoms with Crippen molar-refractivity contribution in [3.8, 4) is 5.75 Å². The fourth-order valence-electron chi connectivity index (χ4n) is 5.25. The summed E-state index contributed by atoms with van der Waals surface area (Å²) in [6.45, 7) is 3.88. The van der Waals surface area contributed by atoms with Gasteiger partial charge in [-0.15, -0.1) is 0 Å². The molecule has 1 saturated heterocycles. The van der Waals surface area contributed by atoms with Crippen LogP contribution in [0.3, 0.4) is 0 Å². The summed E-state index contributed by atoms with van der Waals surface area (Å²) in [6.07, 6.45) is 8.26. The molecule has 0 amide bonds. The van der Waals surface area contributed by atoms with E-state index in [1.807, 2.05) is 31.2 Å². The van der Waals surface area contributed by atoms with Crippen molar-refractivity contribution in [3.63, 3.8) is 0 Å². The average Bonchev–Trinajstić information content (AvgIpc) is 3.40. The van der Waals surface area contributed by atoms with E-state index in [4.69, 9.17) is 4.42 Å². The Balaban J connectivity index is 1.46. The first-order valence-corrected chi connectivity index (χ1v) is 12.2. The molecule has 0 saturated carbocycles. The zero-order chi connectivity index (χ0) is 24.2. The first-order valence-electron chi connectivity index (χ1n) is 12.2. The Labute approximate surface area is 205 Å². The van der Waals surface area contributed by atoms with Crippen molar-refractivity contribution in [1.29, 1.82) is 0 Å². The molecule has 0 spiro atoms. The van der Waals surface area contributed by atoms with Gasteiger partial charge in [0.2, 0.25) is 0 Å². The summed E-state index contributed by atoms with van der Waals surface area (Å²) in [5.74, 6) is 1.35. The Kier molecular flexibility index (Phi) is 6.82. The smallest absolute Gasteiger partial charge is 0.260 e. The molecule has 1 aromatic carbocycles. The van der Waals surface area contributed by atoms with Crippen molar-refractivity contribution < 1.29 is 9.52 Å². The van der Waals surface area contributed by atoms with E-state index in [2.05, 4.69) is 40.2 Å². The van der Waals surface area contributed by atoms with Crippen molar-refractivity contribution in [1.82, 2.24) is 14.5 Å². The van der Waals surface area contributed by atoms with Crippen LogP contribution in [-0.2, 0) is 13.0 Å². The van der Waals surface area contributed by atoms with Crippen LogP contribution < -0.4 is 5.56 Å². The molecule has 6 nitrogen and oxygen atoms in total. The minimum absolute atomic E-state index is 0.0383. The number of hydrogen-bond acceptors (Lipinski definition) is 5. The number of rotatable bonds is 7. The van der Waals surface area contributed by atoms with Crippen LogP contribution in [0.2, 0.25) is 0 Å². The molecule has 1 fully saturated rings. The van der Waals surface area contributed by atoms with E-state index in [1.54, 1.807) is 29.3 Å². The second-order valence-corrected chi connectivity index (χ2v) is 9.41. The Morgan fingerprint density at radius 3 is 2.49 bits per heavy atom. The summed E-state index contributed by atoms with van der Waals surface area (Å²) in [4.78, 5) is 20.3. The highest BCUT2D eigenvalue weighted by Gasteiger charge is 2.32. The van der Waals surface area contributed by atoms with Gasteiger partial charge >= 0.3 is 0 Å². The normalized spacial score (nSPS) is 15.8. The second kappa shape index (κ2) is 10.3. The molecule has 1 unspecified atom stereocenters. The summed E-state index contributed by atoms with van der Waals surface area (Å²) in [5, 5.41) is 11.1. The van der Waals surface area contributed by atoms with E-state index >= 15 is 0 Å². The van der Waals surface area contributed by atoms with Gasteiger partial charge in [0.05, 0.1) is 24.4 Å². The lowest BCUT2D eigenvalue weighted by atomic mass is 9.88. The number of aryl methyl sites for hydroxylation is 1. The number of aromatic nitrogens is 2. The van der Waals surface area contributed by atoms with Gasteiger partial charge in [-0.2, -0.15) is 0 Å². The number of likely N-dealkylation sites (tertiary alicyclic amines) is 1. The maximum atomic E-state index is 13.8. The van der Waals surface area contributed by atoms with Crippen LogP contribution >= 0.6 is 0 Å². The van der Waals surface area contributed by atoms with E-state index in [-0.39, 0.29) is 17.4 Å². The predicted octanol–water partition coefficient (Wildman–Crippen LogP) is 4.94. The van der Waals surface area contributed by atoms with Crippen LogP contribution in [0.5, 0.6) is 5.75 Å². The lowest BCUT2D eigenvalue weighted by molar-refractivity contribution is 0.148. The standard InChI is InChI=1S/C29H31N3O3/c1-21-18-26(33)27(29(34)32(21)20-25-8-5-17-35-25)28(24-9-13-30-14-10-24)31-15-11-23(12-16-31)19-22-6-3-2-4-7-22/h2-10,13-14,17-18,23,28,33H,11-12,15-16,19-20H2,1H3. The number of nitrogens with zero attached hydrogens (tertiary/aromatic N) is 3. The molecule has 4 heterocycles. The van der Waals surface area contributed by atoms with Gasteiger partial charge in [-0.3, -0.25) is 14.7 Å². The van der Waals surface area contributed by atoms with Crippen LogP contribution in [0.25, 0.3) is 0 Å². The van der Waals surface area contributed by atoms with Gasteiger partial charge in [0, 0.05) is 18.1 Å². The van der Waals surface area contributed by atoms with Crippen LogP contribution in [0.15, 0.2) is 88.5 Å². The lowest BCUT2D eigenvalue weighted by Gasteiger charge is -2.38. The van der Waals surface area contributed by atoms with Crippen LogP contribution in [0.1, 0.15) is 47.0 Å². The van der Waals surface area contributed by atoms with E-state index in [0.29, 0.717) is 29.5 Å². The Bertz CT molecular complexity index is 1290. The number of aromatic hydroxyl groups is 1. The lowest BCUT2D eigenvalue weighted by Crippen LogP contribution is -2.41. The van der Waals surface area contributed by atoms with Gasteiger partial charge in [-0.25, -0.2) is 0 Å². The third-order valence-corrected chi connectivity index (χ3v) is 7.09. The summed E-state index contributed by atoms with van der Waals surface area (Å²) in [7, 11) is 0. The molecule has 1 atom stereocenters. The van der Waals surface area contributed by atoms with Gasteiger partial charge in [-0.05, 0) is 86.7 Å². The minimum atomic E-state index is -0.341. The molecule has 0 radical (unpaired) electrons. The summed E-state index contributed by atoms with van der Waals surface area (Å²) in [6, 6.07) is 19.5. The molecule has 35 heavy (non-hydrogen) atoms. The molecule has 1 aliphatic heterocycles. The highest BCUT2D eigenvalue weighted by atomic mass is 16.3. The summed E-state index contributed by atoms with van der Waals surface area (Å²) < 4.78 is 7.18. The van der Waals surface area contributed by atoms with Gasteiger partial charge in [-0.1, -0.05) is 30.3 Å². The molecular formula is C29H31N3O3. The monoisotopic (exact) mass is 469 g/mol. The Morgan fingerprint density at radius 1 is 1.06 bits per heavy atom. The molecular weight excluding hydrogens is 438 g/mol. The van der Waals surface area contributed by atoms with E-state index in [0.717, 1.165) is 37.9 Å². The zero-order valence-electron chi connectivity index (χ0n) is 20.0. The summed E-state index contributed by atoms with van der Waals surface area (Å²) in [5.41, 5.74) is 3.25. The van der Waals surface area contributed by atoms with Gasteiger partial charge in [0.15, 0.2) is 0 Å². The fourth-order valence-corrected chi connectivity index (χ4v) is 5.25. The van der Waals surface area contributed by atoms with E-state index in [1.165, 1.54) is 5.56 Å². The molecule has 5 rings (SSSR count). The van der Waals surface area contributed by atoms with Crippen LogP contribution in [-0.4, -0.2) is 32.6 Å². The van der Waals surface area contributed by atoms with Gasteiger partial charge in [0.1, 0.15) is 11.5 Å². The SMILES string of the molecule is Cc1cc(O)c(C(c2ccncc2)N2CCC(Cc3ccccc3)CC2)c(=O)n1Cc1ccco1. The fraction of sp³-hybridized carbons (Fsp3) is 0.310. The number of benzene rings is 1. The quantitative estimate of drug-likeness (QED) is 0.415. The molecule has 0 aliphatic carbocycles. The minimum Gasteiger partial charge on any atom is -0.507 e. The number of pyridine rings is 2. The zero-order valence-corrected chi connectivity index (χ0v) is 20.0. The molecule has 1 N–H and O–H groups in total. The topological polar surface area (TPSA) is 71.5 Å². The maximum absolute atomic E-state index is 13.8. The molecule has 180 valence electrons. The van der Waals surface area contributed by atoms with Crippen LogP contribution in [0.4, 0.5) is 0 Å². The van der Waals surface area contributed by atoms with Crippen LogP contribution in [0, 0.1) is 12.8 Å². The first-order chi connectivity index (χ1) is 17.1. The Hall–Kier alpha value is -3.64. The molecule has 3 aromatic heterocycles. The third kappa shape index (κ3) is 5.08. The van der Waals surface area contributed by atoms with E-state index in [9.17, 15) is 9.90 Å². The van der Waals surface area contributed by atoms with Crippen molar-refractivity contribution in [3.05, 3.63) is 118 Å². The van der Waals surface area contributed by atoms with Crippen molar-refractivity contribution in [2.75, 3.05) is 13.1 Å². The van der Waals surface area contributed by atoms with Crippen molar-refractivity contribution in [2.45, 2.75) is 38.8 Å². The summed E-state index contributed by atoms with van der Waals surface area (Å²) >= 11 is 0. The number of furan rings is 1. The average molecular weight is 470 g/mol. The third-order valence-electron chi connectivity index (χ3n) is 7.09. The van der Waals surface area contributed by atoms with Gasteiger partial charge < -0.3 is 14.1 Å². The van der Waals surface area contributed by atoms with Crippen molar-refractivity contribution in [2.24, 2.45) is 5.92 Å². The Morgan fingerprint density at radius 2 is 1.80 bits per heavy atom. The molecule has 1 aliphatic rings.